The molecular weight excluding hydrogens is 774 g/mol. The van der Waals surface area contributed by atoms with E-state index in [9.17, 15) is 9.59 Å². The second-order valence-electron chi connectivity index (χ2n) is 10.8. The molecule has 47 heavy (non-hydrogen) atoms. The lowest BCUT2D eigenvalue weighted by Crippen LogP contribution is -2.40. The fourth-order valence-electron chi connectivity index (χ4n) is 5.17. The van der Waals surface area contributed by atoms with E-state index in [0.717, 1.165) is 14.7 Å². The largest absolute Gasteiger partial charge is 0.491 e. The predicted octanol–water partition coefficient (Wildman–Crippen LogP) is 7.47. The number of fused-ring (bicyclic) bond motifs is 1. The van der Waals surface area contributed by atoms with E-state index in [1.807, 2.05) is 63.2 Å². The monoisotopic (exact) mass is 806 g/mol. The van der Waals surface area contributed by atoms with Gasteiger partial charge >= 0.3 is 5.97 Å². The van der Waals surface area contributed by atoms with Gasteiger partial charge < -0.3 is 18.9 Å². The van der Waals surface area contributed by atoms with E-state index in [0.29, 0.717) is 60.1 Å². The van der Waals surface area contributed by atoms with E-state index >= 15 is 0 Å². The second kappa shape index (κ2) is 15.3. The van der Waals surface area contributed by atoms with Gasteiger partial charge in [-0.05, 0) is 99.2 Å². The minimum Gasteiger partial charge on any atom is -0.491 e. The standard InChI is InChI=1S/C35H33Cl2IN2O6S/c1-6-43-28-15-21(14-26(38)32(28)45-18-22-12-13-23(36)17-25(22)37)16-29-33(41)40-31(24-10-8-9-11-27(24)46-19(3)4)30(34(42)44-7-2)20(5)39-35(40)47-29/h8-17,19,31H,6-7,18H2,1-5H3/b29-16-/t31-/m1/s1. The van der Waals surface area contributed by atoms with E-state index in [1.54, 1.807) is 36.6 Å². The van der Waals surface area contributed by atoms with E-state index in [-0.39, 0.29) is 24.9 Å². The average molecular weight is 808 g/mol. The van der Waals surface area contributed by atoms with Gasteiger partial charge in [-0.1, -0.05) is 58.8 Å². The molecule has 0 aliphatic carbocycles. The summed E-state index contributed by atoms with van der Waals surface area (Å²) in [5.74, 6) is 1.14. The summed E-state index contributed by atoms with van der Waals surface area (Å²) >= 11 is 15.9. The van der Waals surface area contributed by atoms with Gasteiger partial charge in [0.1, 0.15) is 18.4 Å². The quantitative estimate of drug-likeness (QED) is 0.116. The fraction of sp³-hybridized carbons (Fsp3) is 0.286. The van der Waals surface area contributed by atoms with Crippen molar-refractivity contribution in [2.24, 2.45) is 4.99 Å². The van der Waals surface area contributed by atoms with Crippen LogP contribution in [0.5, 0.6) is 17.2 Å². The number of thiazole rings is 1. The van der Waals surface area contributed by atoms with Crippen molar-refractivity contribution in [3.05, 3.63) is 116 Å². The van der Waals surface area contributed by atoms with E-state index < -0.39 is 12.0 Å². The van der Waals surface area contributed by atoms with Crippen LogP contribution in [-0.4, -0.2) is 29.9 Å². The van der Waals surface area contributed by atoms with Gasteiger partial charge in [0.05, 0.1) is 38.7 Å². The smallest absolute Gasteiger partial charge is 0.338 e. The number of rotatable bonds is 11. The highest BCUT2D eigenvalue weighted by molar-refractivity contribution is 14.1. The summed E-state index contributed by atoms with van der Waals surface area (Å²) in [5, 5.41) is 1.06. The zero-order valence-corrected chi connectivity index (χ0v) is 30.9. The highest BCUT2D eigenvalue weighted by Crippen LogP contribution is 2.37. The number of benzene rings is 3. The number of carbonyl (C=O) groups is 1. The molecule has 0 spiro atoms. The van der Waals surface area contributed by atoms with Crippen molar-refractivity contribution in [1.29, 1.82) is 0 Å². The van der Waals surface area contributed by atoms with Crippen molar-refractivity contribution in [3.8, 4) is 17.2 Å². The molecule has 0 saturated carbocycles. The number of esters is 1. The van der Waals surface area contributed by atoms with Crippen LogP contribution < -0.4 is 29.1 Å². The number of carbonyl (C=O) groups excluding carboxylic acids is 1. The van der Waals surface area contributed by atoms with Gasteiger partial charge in [0.15, 0.2) is 16.3 Å². The average Bonchev–Trinajstić information content (AvgIpc) is 3.31. The first-order valence-electron chi connectivity index (χ1n) is 15.0. The summed E-state index contributed by atoms with van der Waals surface area (Å²) in [4.78, 5) is 32.7. The van der Waals surface area contributed by atoms with Gasteiger partial charge in [-0.3, -0.25) is 9.36 Å². The van der Waals surface area contributed by atoms with Crippen LogP contribution in [0.2, 0.25) is 10.0 Å². The van der Waals surface area contributed by atoms with Crippen molar-refractivity contribution in [2.45, 2.75) is 53.4 Å². The summed E-state index contributed by atoms with van der Waals surface area (Å²) in [7, 11) is 0. The van der Waals surface area contributed by atoms with Gasteiger partial charge in [0.25, 0.3) is 5.56 Å². The minimum atomic E-state index is -0.794. The maximum absolute atomic E-state index is 14.2. The number of halogens is 3. The molecule has 2 heterocycles. The Hall–Kier alpha value is -3.32. The van der Waals surface area contributed by atoms with Gasteiger partial charge in [-0.25, -0.2) is 9.79 Å². The Balaban J connectivity index is 1.61. The highest BCUT2D eigenvalue weighted by atomic mass is 127. The summed E-state index contributed by atoms with van der Waals surface area (Å²) < 4.78 is 26.5. The summed E-state index contributed by atoms with van der Waals surface area (Å²) in [6.45, 7) is 10.1. The summed E-state index contributed by atoms with van der Waals surface area (Å²) in [6, 6.07) is 15.6. The Morgan fingerprint density at radius 3 is 2.53 bits per heavy atom. The molecule has 1 aliphatic rings. The number of aromatic nitrogens is 1. The van der Waals surface area contributed by atoms with Gasteiger partial charge in [0, 0.05) is 21.2 Å². The molecule has 1 aromatic heterocycles. The third kappa shape index (κ3) is 7.72. The number of ether oxygens (including phenoxy) is 4. The summed E-state index contributed by atoms with van der Waals surface area (Å²) in [6.07, 6.45) is 1.67. The molecule has 0 unspecified atom stereocenters. The molecule has 1 aliphatic heterocycles. The molecular formula is C35H33Cl2IN2O6S. The van der Waals surface area contributed by atoms with Gasteiger partial charge in [0.2, 0.25) is 0 Å². The van der Waals surface area contributed by atoms with Crippen LogP contribution in [0.4, 0.5) is 0 Å². The molecule has 0 amide bonds. The molecule has 0 saturated heterocycles. The van der Waals surface area contributed by atoms with E-state index in [1.165, 1.54) is 11.3 Å². The first kappa shape index (κ1) is 35.0. The van der Waals surface area contributed by atoms with E-state index in [4.69, 9.17) is 47.1 Å². The molecule has 0 fully saturated rings. The number of nitrogens with zero attached hydrogens (tertiary/aromatic N) is 2. The number of hydrogen-bond acceptors (Lipinski definition) is 8. The number of hydrogen-bond donors (Lipinski definition) is 0. The molecule has 4 aromatic rings. The molecule has 246 valence electrons. The first-order chi connectivity index (χ1) is 22.5. The molecule has 1 atom stereocenters. The Kier molecular flexibility index (Phi) is 11.4. The molecule has 0 radical (unpaired) electrons. The topological polar surface area (TPSA) is 88.4 Å². The molecule has 3 aromatic carbocycles. The molecule has 0 bridgehead atoms. The Bertz CT molecular complexity index is 2040. The lowest BCUT2D eigenvalue weighted by atomic mass is 9.95. The predicted molar refractivity (Wildman–Crippen MR) is 194 cm³/mol. The molecule has 8 nitrogen and oxygen atoms in total. The molecule has 0 N–H and O–H groups in total. The Morgan fingerprint density at radius 1 is 1.06 bits per heavy atom. The van der Waals surface area contributed by atoms with Gasteiger partial charge in [-0.15, -0.1) is 0 Å². The lowest BCUT2D eigenvalue weighted by molar-refractivity contribution is -0.139. The normalized spacial score (nSPS) is 14.6. The van der Waals surface area contributed by atoms with Crippen molar-refractivity contribution in [1.82, 2.24) is 4.57 Å². The van der Waals surface area contributed by atoms with Crippen molar-refractivity contribution < 1.29 is 23.7 Å². The van der Waals surface area contributed by atoms with Gasteiger partial charge in [-0.2, -0.15) is 0 Å². The third-order valence-corrected chi connectivity index (χ3v) is 9.48. The van der Waals surface area contributed by atoms with Crippen LogP contribution in [0, 0.1) is 3.57 Å². The van der Waals surface area contributed by atoms with Crippen LogP contribution in [0.3, 0.4) is 0 Å². The third-order valence-electron chi connectivity index (χ3n) is 7.11. The second-order valence-corrected chi connectivity index (χ2v) is 13.8. The zero-order chi connectivity index (χ0) is 33.8. The van der Waals surface area contributed by atoms with Crippen LogP contribution in [0.15, 0.2) is 75.7 Å². The molecule has 5 rings (SSSR count). The van der Waals surface area contributed by atoms with Crippen molar-refractivity contribution in [3.63, 3.8) is 0 Å². The Morgan fingerprint density at radius 2 is 1.83 bits per heavy atom. The number of para-hydroxylation sites is 1. The SMILES string of the molecule is CCOC(=O)C1=C(C)N=c2s/c(=C\c3cc(I)c(OCc4ccc(Cl)cc4Cl)c(OCC)c3)c(=O)n2[C@@H]1c1ccccc1OC(C)C. The zero-order valence-electron chi connectivity index (χ0n) is 26.4. The van der Waals surface area contributed by atoms with Crippen molar-refractivity contribution in [2.75, 3.05) is 13.2 Å². The maximum Gasteiger partial charge on any atom is 0.338 e. The number of allylic oxidation sites excluding steroid dienone is 1. The summed E-state index contributed by atoms with van der Waals surface area (Å²) in [5.41, 5.74) is 2.67. The minimum absolute atomic E-state index is 0.125. The Labute approximate surface area is 300 Å². The molecule has 12 heteroatoms. The fourth-order valence-corrected chi connectivity index (χ4v) is 7.46. The van der Waals surface area contributed by atoms with Crippen LogP contribution in [0.25, 0.3) is 6.08 Å². The van der Waals surface area contributed by atoms with Crippen LogP contribution in [-0.2, 0) is 16.1 Å². The van der Waals surface area contributed by atoms with E-state index in [2.05, 4.69) is 22.6 Å². The highest BCUT2D eigenvalue weighted by Gasteiger charge is 2.35. The van der Waals surface area contributed by atoms with Crippen LogP contribution in [0.1, 0.15) is 57.4 Å². The van der Waals surface area contributed by atoms with Crippen LogP contribution >= 0.6 is 57.1 Å². The maximum atomic E-state index is 14.2. The first-order valence-corrected chi connectivity index (χ1v) is 17.7. The lowest BCUT2D eigenvalue weighted by Gasteiger charge is -2.26. The van der Waals surface area contributed by atoms with Crippen molar-refractivity contribution >= 4 is 69.2 Å².